The van der Waals surface area contributed by atoms with Crippen LogP contribution in [0.1, 0.15) is 18.4 Å². The lowest BCUT2D eigenvalue weighted by molar-refractivity contribution is -0.384. The maximum Gasteiger partial charge on any atom is 0.269 e. The van der Waals surface area contributed by atoms with E-state index in [1.165, 1.54) is 25.0 Å². The first kappa shape index (κ1) is 13.5. The van der Waals surface area contributed by atoms with Gasteiger partial charge in [0.1, 0.15) is 0 Å². The van der Waals surface area contributed by atoms with Crippen molar-refractivity contribution in [3.05, 3.63) is 39.9 Å². The lowest BCUT2D eigenvalue weighted by Gasteiger charge is -2.06. The topological polar surface area (TPSA) is 84.3 Å². The molecule has 2 N–H and O–H groups in total. The third-order valence-electron chi connectivity index (χ3n) is 3.02. The Balaban J connectivity index is 1.70. The van der Waals surface area contributed by atoms with Crippen LogP contribution >= 0.6 is 0 Å². The molecular formula is C13H17N3O3. The molecule has 1 amide bonds. The van der Waals surface area contributed by atoms with Crippen molar-refractivity contribution in [3.8, 4) is 0 Å². The number of hydrogen-bond donors (Lipinski definition) is 2. The molecule has 0 unspecified atom stereocenters. The van der Waals surface area contributed by atoms with Crippen molar-refractivity contribution >= 4 is 11.6 Å². The van der Waals surface area contributed by atoms with Crippen molar-refractivity contribution in [1.82, 2.24) is 10.6 Å². The molecule has 19 heavy (non-hydrogen) atoms. The number of nitrogens with zero attached hydrogens (tertiary/aromatic N) is 1. The summed E-state index contributed by atoms with van der Waals surface area (Å²) in [5.74, 6) is 0.637. The number of benzene rings is 1. The van der Waals surface area contributed by atoms with Gasteiger partial charge in [0, 0.05) is 25.2 Å². The quantitative estimate of drug-likeness (QED) is 0.572. The van der Waals surface area contributed by atoms with Gasteiger partial charge in [-0.1, -0.05) is 12.1 Å². The molecule has 1 fully saturated rings. The number of rotatable bonds is 7. The Morgan fingerprint density at radius 1 is 1.42 bits per heavy atom. The second-order valence-corrected chi connectivity index (χ2v) is 4.78. The van der Waals surface area contributed by atoms with E-state index in [1.54, 1.807) is 12.1 Å². The molecular weight excluding hydrogens is 246 g/mol. The van der Waals surface area contributed by atoms with Gasteiger partial charge in [0.15, 0.2) is 0 Å². The molecule has 0 heterocycles. The Labute approximate surface area is 111 Å². The van der Waals surface area contributed by atoms with Crippen LogP contribution < -0.4 is 10.6 Å². The van der Waals surface area contributed by atoms with Crippen molar-refractivity contribution in [2.24, 2.45) is 5.92 Å². The predicted octanol–water partition coefficient (Wildman–Crippen LogP) is 1.21. The van der Waals surface area contributed by atoms with Crippen LogP contribution in [0.5, 0.6) is 0 Å². The van der Waals surface area contributed by atoms with E-state index >= 15 is 0 Å². The first-order valence-electron chi connectivity index (χ1n) is 6.36. The zero-order chi connectivity index (χ0) is 13.7. The smallest absolute Gasteiger partial charge is 0.269 e. The summed E-state index contributed by atoms with van der Waals surface area (Å²) in [4.78, 5) is 21.6. The number of carbonyl (C=O) groups excluding carboxylic acids is 1. The Morgan fingerprint density at radius 2 is 2.21 bits per heavy atom. The standard InChI is InChI=1S/C13H17N3O3/c17-13(15-8-10-4-5-10)9-14-7-11-2-1-3-12(6-11)16(18)19/h1-3,6,10,14H,4-5,7-9H2,(H,15,17). The number of nitro groups is 1. The Morgan fingerprint density at radius 3 is 2.89 bits per heavy atom. The van der Waals surface area contributed by atoms with E-state index in [0.29, 0.717) is 12.5 Å². The summed E-state index contributed by atoms with van der Waals surface area (Å²) in [6.45, 7) is 1.44. The third kappa shape index (κ3) is 4.67. The zero-order valence-corrected chi connectivity index (χ0v) is 10.6. The van der Waals surface area contributed by atoms with Crippen molar-refractivity contribution in [2.45, 2.75) is 19.4 Å². The Kier molecular flexibility index (Phi) is 4.46. The van der Waals surface area contributed by atoms with E-state index in [4.69, 9.17) is 0 Å². The molecule has 1 aromatic carbocycles. The van der Waals surface area contributed by atoms with Crippen molar-refractivity contribution in [3.63, 3.8) is 0 Å². The minimum absolute atomic E-state index is 0.0302. The van der Waals surface area contributed by atoms with Crippen LogP contribution in [-0.4, -0.2) is 23.9 Å². The molecule has 0 aliphatic heterocycles. The molecule has 0 spiro atoms. The third-order valence-corrected chi connectivity index (χ3v) is 3.02. The summed E-state index contributed by atoms with van der Waals surface area (Å²) < 4.78 is 0. The molecule has 6 nitrogen and oxygen atoms in total. The molecule has 0 radical (unpaired) electrons. The van der Waals surface area contributed by atoms with Gasteiger partial charge in [-0.3, -0.25) is 14.9 Å². The van der Waals surface area contributed by atoms with E-state index in [0.717, 1.165) is 12.1 Å². The number of nitro benzene ring substituents is 1. The monoisotopic (exact) mass is 263 g/mol. The van der Waals surface area contributed by atoms with E-state index in [1.807, 2.05) is 0 Å². The van der Waals surface area contributed by atoms with Crippen LogP contribution in [0.3, 0.4) is 0 Å². The highest BCUT2D eigenvalue weighted by molar-refractivity contribution is 5.77. The fourth-order valence-corrected chi connectivity index (χ4v) is 1.74. The highest BCUT2D eigenvalue weighted by Gasteiger charge is 2.21. The van der Waals surface area contributed by atoms with Gasteiger partial charge < -0.3 is 10.6 Å². The van der Waals surface area contributed by atoms with Gasteiger partial charge in [-0.05, 0) is 24.3 Å². The molecule has 0 bridgehead atoms. The predicted molar refractivity (Wildman–Crippen MR) is 70.5 cm³/mol. The summed E-state index contributed by atoms with van der Waals surface area (Å²) in [6.07, 6.45) is 2.42. The summed E-state index contributed by atoms with van der Waals surface area (Å²) in [7, 11) is 0. The van der Waals surface area contributed by atoms with Crippen molar-refractivity contribution in [1.29, 1.82) is 0 Å². The SMILES string of the molecule is O=C(CNCc1cccc([N+](=O)[O-])c1)NCC1CC1. The summed E-state index contributed by atoms with van der Waals surface area (Å²) in [5.41, 5.74) is 0.863. The Hall–Kier alpha value is -1.95. The van der Waals surface area contributed by atoms with E-state index in [9.17, 15) is 14.9 Å². The Bertz CT molecular complexity index is 472. The zero-order valence-electron chi connectivity index (χ0n) is 10.6. The average molecular weight is 263 g/mol. The van der Waals surface area contributed by atoms with Gasteiger partial charge in [0.2, 0.25) is 5.91 Å². The minimum atomic E-state index is -0.425. The van der Waals surface area contributed by atoms with E-state index in [-0.39, 0.29) is 18.1 Å². The molecule has 0 aromatic heterocycles. The van der Waals surface area contributed by atoms with Crippen LogP contribution in [-0.2, 0) is 11.3 Å². The van der Waals surface area contributed by atoms with Gasteiger partial charge in [-0.2, -0.15) is 0 Å². The van der Waals surface area contributed by atoms with Gasteiger partial charge in [-0.25, -0.2) is 0 Å². The minimum Gasteiger partial charge on any atom is -0.355 e. The maximum absolute atomic E-state index is 11.5. The van der Waals surface area contributed by atoms with Crippen LogP contribution in [0.2, 0.25) is 0 Å². The first-order chi connectivity index (χ1) is 9.15. The molecule has 102 valence electrons. The molecule has 0 atom stereocenters. The lowest BCUT2D eigenvalue weighted by Crippen LogP contribution is -2.34. The van der Waals surface area contributed by atoms with Gasteiger partial charge in [0.25, 0.3) is 5.69 Å². The molecule has 1 aromatic rings. The van der Waals surface area contributed by atoms with Crippen molar-refractivity contribution < 1.29 is 9.72 Å². The summed E-state index contributed by atoms with van der Waals surface area (Å²) in [6, 6.07) is 6.39. The van der Waals surface area contributed by atoms with Crippen LogP contribution in [0.4, 0.5) is 5.69 Å². The fraction of sp³-hybridized carbons (Fsp3) is 0.462. The van der Waals surface area contributed by atoms with Gasteiger partial charge in [0.05, 0.1) is 11.5 Å². The largest absolute Gasteiger partial charge is 0.355 e. The number of non-ortho nitro benzene ring substituents is 1. The summed E-state index contributed by atoms with van der Waals surface area (Å²) >= 11 is 0. The molecule has 1 saturated carbocycles. The number of hydrogen-bond acceptors (Lipinski definition) is 4. The molecule has 1 aliphatic rings. The molecule has 1 aliphatic carbocycles. The highest BCUT2D eigenvalue weighted by atomic mass is 16.6. The second kappa shape index (κ2) is 6.29. The highest BCUT2D eigenvalue weighted by Crippen LogP contribution is 2.27. The summed E-state index contributed by atoms with van der Waals surface area (Å²) in [5, 5.41) is 16.4. The van der Waals surface area contributed by atoms with Crippen LogP contribution in [0, 0.1) is 16.0 Å². The van der Waals surface area contributed by atoms with Crippen LogP contribution in [0.25, 0.3) is 0 Å². The first-order valence-corrected chi connectivity index (χ1v) is 6.36. The molecule has 0 saturated heterocycles. The van der Waals surface area contributed by atoms with E-state index in [2.05, 4.69) is 10.6 Å². The number of amides is 1. The average Bonchev–Trinajstić information content (AvgIpc) is 3.21. The number of nitrogens with one attached hydrogen (secondary N) is 2. The van der Waals surface area contributed by atoms with Gasteiger partial charge in [-0.15, -0.1) is 0 Å². The van der Waals surface area contributed by atoms with Crippen molar-refractivity contribution in [2.75, 3.05) is 13.1 Å². The lowest BCUT2D eigenvalue weighted by atomic mass is 10.2. The van der Waals surface area contributed by atoms with Crippen LogP contribution in [0.15, 0.2) is 24.3 Å². The maximum atomic E-state index is 11.5. The normalized spacial score (nSPS) is 14.1. The molecule has 2 rings (SSSR count). The number of carbonyl (C=O) groups is 1. The molecule has 6 heteroatoms. The van der Waals surface area contributed by atoms with E-state index < -0.39 is 4.92 Å². The van der Waals surface area contributed by atoms with Gasteiger partial charge >= 0.3 is 0 Å². The second-order valence-electron chi connectivity index (χ2n) is 4.78. The fourth-order valence-electron chi connectivity index (χ4n) is 1.74.